The van der Waals surface area contributed by atoms with E-state index >= 15 is 0 Å². The van der Waals surface area contributed by atoms with Crippen LogP contribution in [-0.4, -0.2) is 9.97 Å². The summed E-state index contributed by atoms with van der Waals surface area (Å²) in [4.78, 5) is 8.01. The molecule has 84 valence electrons. The van der Waals surface area contributed by atoms with Gasteiger partial charge in [0, 0.05) is 6.54 Å². The van der Waals surface area contributed by atoms with Gasteiger partial charge in [-0.25, -0.2) is 9.97 Å². The van der Waals surface area contributed by atoms with Crippen LogP contribution in [-0.2, 0) is 6.54 Å². The third-order valence-electron chi connectivity index (χ3n) is 2.22. The van der Waals surface area contributed by atoms with Crippen molar-refractivity contribution in [2.45, 2.75) is 13.5 Å². The van der Waals surface area contributed by atoms with Crippen LogP contribution in [0.2, 0.25) is 0 Å². The van der Waals surface area contributed by atoms with Crippen LogP contribution in [0.4, 0.5) is 11.6 Å². The Morgan fingerprint density at radius 3 is 2.94 bits per heavy atom. The second-order valence-electron chi connectivity index (χ2n) is 3.36. The van der Waals surface area contributed by atoms with Gasteiger partial charge in [-0.3, -0.25) is 0 Å². The van der Waals surface area contributed by atoms with Crippen LogP contribution in [0.25, 0.3) is 0 Å². The molecule has 6 heteroatoms. The van der Waals surface area contributed by atoms with Gasteiger partial charge >= 0.3 is 0 Å². The number of aryl methyl sites for hydroxylation is 1. The van der Waals surface area contributed by atoms with Crippen molar-refractivity contribution in [3.8, 4) is 0 Å². The standard InChI is InChI=1S/C10H11BrN4S/c1-6-3-16-4-7(6)2-13-10-8(11)9(12)14-5-15-10/h3-5H,2H2,1H3,(H3,12,13,14,15). The first-order valence-electron chi connectivity index (χ1n) is 4.70. The maximum atomic E-state index is 5.66. The Morgan fingerprint density at radius 2 is 2.25 bits per heavy atom. The van der Waals surface area contributed by atoms with E-state index in [0.29, 0.717) is 10.3 Å². The predicted octanol–water partition coefficient (Wildman–Crippen LogP) is 2.80. The van der Waals surface area contributed by atoms with Gasteiger partial charge in [-0.15, -0.1) is 0 Å². The van der Waals surface area contributed by atoms with Crippen molar-refractivity contribution >= 4 is 38.9 Å². The summed E-state index contributed by atoms with van der Waals surface area (Å²) in [6.45, 7) is 2.83. The molecule has 3 N–H and O–H groups in total. The van der Waals surface area contributed by atoms with E-state index < -0.39 is 0 Å². The largest absolute Gasteiger partial charge is 0.383 e. The highest BCUT2D eigenvalue weighted by Crippen LogP contribution is 2.25. The van der Waals surface area contributed by atoms with Crippen molar-refractivity contribution in [2.24, 2.45) is 0 Å². The molecule has 0 saturated carbocycles. The fraction of sp³-hybridized carbons (Fsp3) is 0.200. The summed E-state index contributed by atoms with van der Waals surface area (Å²) < 4.78 is 0.711. The van der Waals surface area contributed by atoms with E-state index in [1.54, 1.807) is 11.3 Å². The molecule has 0 aromatic carbocycles. The second-order valence-corrected chi connectivity index (χ2v) is 4.89. The van der Waals surface area contributed by atoms with Crippen LogP contribution < -0.4 is 11.1 Å². The van der Waals surface area contributed by atoms with E-state index in [-0.39, 0.29) is 0 Å². The number of halogens is 1. The van der Waals surface area contributed by atoms with Crippen LogP contribution in [0.3, 0.4) is 0 Å². The number of nitrogens with one attached hydrogen (secondary N) is 1. The molecule has 0 amide bonds. The molecule has 16 heavy (non-hydrogen) atoms. The summed E-state index contributed by atoms with van der Waals surface area (Å²) in [5, 5.41) is 7.48. The molecule has 0 atom stereocenters. The average molecular weight is 299 g/mol. The molecule has 0 unspecified atom stereocenters. The molecule has 0 fully saturated rings. The third-order valence-corrected chi connectivity index (χ3v) is 3.92. The van der Waals surface area contributed by atoms with E-state index in [2.05, 4.69) is 48.9 Å². The highest BCUT2D eigenvalue weighted by molar-refractivity contribution is 9.10. The Balaban J connectivity index is 2.11. The monoisotopic (exact) mass is 298 g/mol. The Labute approximate surface area is 106 Å². The fourth-order valence-corrected chi connectivity index (χ4v) is 2.46. The van der Waals surface area contributed by atoms with Crippen LogP contribution in [0.5, 0.6) is 0 Å². The smallest absolute Gasteiger partial charge is 0.146 e. The molecular weight excluding hydrogens is 288 g/mol. The number of hydrogen-bond donors (Lipinski definition) is 2. The lowest BCUT2D eigenvalue weighted by molar-refractivity contribution is 1.07. The SMILES string of the molecule is Cc1cscc1CNc1ncnc(N)c1Br. The Kier molecular flexibility index (Phi) is 3.40. The van der Waals surface area contributed by atoms with Crippen molar-refractivity contribution in [1.82, 2.24) is 9.97 Å². The summed E-state index contributed by atoms with van der Waals surface area (Å²) in [7, 11) is 0. The number of anilines is 2. The van der Waals surface area contributed by atoms with Gasteiger partial charge in [0.1, 0.15) is 22.4 Å². The average Bonchev–Trinajstić information content (AvgIpc) is 2.67. The lowest BCUT2D eigenvalue weighted by Crippen LogP contribution is -2.04. The van der Waals surface area contributed by atoms with Crippen molar-refractivity contribution in [2.75, 3.05) is 11.1 Å². The van der Waals surface area contributed by atoms with Crippen molar-refractivity contribution in [1.29, 1.82) is 0 Å². The zero-order valence-corrected chi connectivity index (χ0v) is 11.1. The number of nitrogens with two attached hydrogens (primary N) is 1. The molecular formula is C10H11BrN4S. The van der Waals surface area contributed by atoms with Crippen LogP contribution in [0, 0.1) is 6.92 Å². The second kappa shape index (κ2) is 4.80. The van der Waals surface area contributed by atoms with E-state index in [1.807, 2.05) is 0 Å². The maximum Gasteiger partial charge on any atom is 0.146 e. The lowest BCUT2D eigenvalue weighted by Gasteiger charge is -2.07. The van der Waals surface area contributed by atoms with Crippen LogP contribution in [0.15, 0.2) is 21.6 Å². The van der Waals surface area contributed by atoms with Crippen LogP contribution >= 0.6 is 27.3 Å². The Morgan fingerprint density at radius 1 is 1.44 bits per heavy atom. The molecule has 0 bridgehead atoms. The third kappa shape index (κ3) is 2.33. The molecule has 4 nitrogen and oxygen atoms in total. The number of thiophene rings is 1. The molecule has 0 aliphatic heterocycles. The van der Waals surface area contributed by atoms with Gasteiger partial charge in [-0.2, -0.15) is 11.3 Å². The summed E-state index contributed by atoms with van der Waals surface area (Å²) in [6.07, 6.45) is 1.45. The van der Waals surface area contributed by atoms with Gasteiger partial charge in [0.25, 0.3) is 0 Å². The molecule has 2 heterocycles. The Bertz CT molecular complexity index is 497. The van der Waals surface area contributed by atoms with Gasteiger partial charge in [-0.1, -0.05) is 0 Å². The number of rotatable bonds is 3. The number of aromatic nitrogens is 2. The van der Waals surface area contributed by atoms with Crippen molar-refractivity contribution in [3.63, 3.8) is 0 Å². The molecule has 0 spiro atoms. The summed E-state index contributed by atoms with van der Waals surface area (Å²) in [5.41, 5.74) is 8.22. The highest BCUT2D eigenvalue weighted by Gasteiger charge is 2.06. The molecule has 2 aromatic heterocycles. The molecule has 0 aliphatic carbocycles. The Hall–Kier alpha value is -1.14. The minimum Gasteiger partial charge on any atom is -0.383 e. The summed E-state index contributed by atoms with van der Waals surface area (Å²) in [6, 6.07) is 0. The first-order chi connectivity index (χ1) is 7.68. The minimum atomic E-state index is 0.444. The summed E-state index contributed by atoms with van der Waals surface area (Å²) >= 11 is 5.05. The van der Waals surface area contributed by atoms with E-state index in [4.69, 9.17) is 5.73 Å². The molecule has 2 aromatic rings. The normalized spacial score (nSPS) is 10.4. The van der Waals surface area contributed by atoms with E-state index in [0.717, 1.165) is 12.4 Å². The number of nitrogens with zero attached hydrogens (tertiary/aromatic N) is 2. The van der Waals surface area contributed by atoms with Gasteiger partial charge in [0.05, 0.1) is 0 Å². The van der Waals surface area contributed by atoms with E-state index in [1.165, 1.54) is 17.5 Å². The molecule has 0 radical (unpaired) electrons. The van der Waals surface area contributed by atoms with Gasteiger partial charge in [0.15, 0.2) is 0 Å². The van der Waals surface area contributed by atoms with Gasteiger partial charge in [-0.05, 0) is 44.7 Å². The molecule has 0 saturated heterocycles. The minimum absolute atomic E-state index is 0.444. The molecule has 2 rings (SSSR count). The number of hydrogen-bond acceptors (Lipinski definition) is 5. The van der Waals surface area contributed by atoms with Gasteiger partial charge in [0.2, 0.25) is 0 Å². The lowest BCUT2D eigenvalue weighted by atomic mass is 10.2. The van der Waals surface area contributed by atoms with Gasteiger partial charge < -0.3 is 11.1 Å². The quantitative estimate of drug-likeness (QED) is 0.914. The topological polar surface area (TPSA) is 63.8 Å². The predicted molar refractivity (Wildman–Crippen MR) is 70.5 cm³/mol. The zero-order valence-electron chi connectivity index (χ0n) is 8.70. The van der Waals surface area contributed by atoms with Crippen molar-refractivity contribution in [3.05, 3.63) is 32.7 Å². The maximum absolute atomic E-state index is 5.66. The number of nitrogen functional groups attached to an aromatic ring is 1. The fourth-order valence-electron chi connectivity index (χ4n) is 1.25. The first-order valence-corrected chi connectivity index (χ1v) is 6.43. The zero-order chi connectivity index (χ0) is 11.5. The highest BCUT2D eigenvalue weighted by atomic mass is 79.9. The first kappa shape index (κ1) is 11.3. The summed E-state index contributed by atoms with van der Waals surface area (Å²) in [5.74, 6) is 1.16. The van der Waals surface area contributed by atoms with E-state index in [9.17, 15) is 0 Å². The van der Waals surface area contributed by atoms with Crippen LogP contribution in [0.1, 0.15) is 11.1 Å². The molecule has 0 aliphatic rings. The van der Waals surface area contributed by atoms with Crippen molar-refractivity contribution < 1.29 is 0 Å².